The van der Waals surface area contributed by atoms with Crippen molar-refractivity contribution in [1.82, 2.24) is 4.90 Å². The Morgan fingerprint density at radius 1 is 1.33 bits per heavy atom. The molecule has 0 aliphatic carbocycles. The van der Waals surface area contributed by atoms with Gasteiger partial charge in [-0.2, -0.15) is 0 Å². The molecule has 1 unspecified atom stereocenters. The van der Waals surface area contributed by atoms with Crippen molar-refractivity contribution in [2.24, 2.45) is 0 Å². The first-order chi connectivity index (χ1) is 10.2. The lowest BCUT2D eigenvalue weighted by Gasteiger charge is -2.33. The molecule has 1 aliphatic rings. The molecule has 3 rings (SSSR count). The third-order valence-corrected chi connectivity index (χ3v) is 4.80. The molecule has 2 aromatic rings. The molecular weight excluding hydrogens is 306 g/mol. The minimum Gasteiger partial charge on any atom is -0.370 e. The first kappa shape index (κ1) is 14.6. The van der Waals surface area contributed by atoms with Crippen molar-refractivity contribution in [2.45, 2.75) is 12.5 Å². The number of nitrogens with zero attached hydrogens (tertiary/aromatic N) is 1. The fraction of sp³-hybridized carbons (Fsp3) is 0.312. The summed E-state index contributed by atoms with van der Waals surface area (Å²) < 4.78 is 5.78. The van der Waals surface area contributed by atoms with Gasteiger partial charge >= 0.3 is 0 Å². The number of carbonyl (C=O) groups is 1. The summed E-state index contributed by atoms with van der Waals surface area (Å²) in [7, 11) is 0. The van der Waals surface area contributed by atoms with Gasteiger partial charge in [-0.3, -0.25) is 4.79 Å². The van der Waals surface area contributed by atoms with Crippen molar-refractivity contribution < 1.29 is 9.53 Å². The number of benzene rings is 1. The summed E-state index contributed by atoms with van der Waals surface area (Å²) in [5.41, 5.74) is 0.952. The van der Waals surface area contributed by atoms with E-state index in [9.17, 15) is 4.79 Å². The maximum Gasteiger partial charge on any atom is 0.228 e. The second kappa shape index (κ2) is 6.60. The van der Waals surface area contributed by atoms with E-state index in [0.717, 1.165) is 10.4 Å². The first-order valence-electron chi connectivity index (χ1n) is 6.90. The van der Waals surface area contributed by atoms with E-state index in [-0.39, 0.29) is 12.0 Å². The van der Waals surface area contributed by atoms with Gasteiger partial charge in [-0.25, -0.2) is 0 Å². The van der Waals surface area contributed by atoms with Crippen LogP contribution in [0, 0.1) is 0 Å². The minimum absolute atomic E-state index is 0.139. The van der Waals surface area contributed by atoms with Crippen molar-refractivity contribution in [1.29, 1.82) is 0 Å². The highest BCUT2D eigenvalue weighted by atomic mass is 35.5. The summed E-state index contributed by atoms with van der Waals surface area (Å²) >= 11 is 7.83. The number of thiophene rings is 1. The molecule has 1 aromatic carbocycles. The highest BCUT2D eigenvalue weighted by Gasteiger charge is 2.26. The highest BCUT2D eigenvalue weighted by Crippen LogP contribution is 2.28. The van der Waals surface area contributed by atoms with E-state index < -0.39 is 0 Å². The van der Waals surface area contributed by atoms with Crippen LogP contribution in [0.3, 0.4) is 0 Å². The van der Waals surface area contributed by atoms with E-state index in [4.69, 9.17) is 16.3 Å². The van der Waals surface area contributed by atoms with Gasteiger partial charge in [-0.05, 0) is 17.5 Å². The number of hydrogen-bond acceptors (Lipinski definition) is 3. The Morgan fingerprint density at radius 3 is 2.95 bits per heavy atom. The van der Waals surface area contributed by atoms with Gasteiger partial charge in [-0.1, -0.05) is 35.9 Å². The zero-order chi connectivity index (χ0) is 14.7. The number of morpholine rings is 1. The van der Waals surface area contributed by atoms with Crippen LogP contribution in [-0.2, 0) is 16.0 Å². The third kappa shape index (κ3) is 3.46. The van der Waals surface area contributed by atoms with Crippen LogP contribution in [0.2, 0.25) is 5.02 Å². The monoisotopic (exact) mass is 321 g/mol. The Morgan fingerprint density at radius 2 is 2.19 bits per heavy atom. The predicted molar refractivity (Wildman–Crippen MR) is 84.7 cm³/mol. The van der Waals surface area contributed by atoms with E-state index in [1.165, 1.54) is 0 Å². The number of amides is 1. The first-order valence-corrected chi connectivity index (χ1v) is 8.16. The Hall–Kier alpha value is -1.36. The second-order valence-electron chi connectivity index (χ2n) is 4.98. The summed E-state index contributed by atoms with van der Waals surface area (Å²) in [6.45, 7) is 1.76. The van der Waals surface area contributed by atoms with Crippen molar-refractivity contribution in [3.05, 3.63) is 57.2 Å². The molecule has 1 amide bonds. The molecule has 1 fully saturated rings. The molecule has 2 heterocycles. The number of hydrogen-bond donors (Lipinski definition) is 0. The van der Waals surface area contributed by atoms with Gasteiger partial charge in [0.1, 0.15) is 6.10 Å². The Kier molecular flexibility index (Phi) is 4.58. The van der Waals surface area contributed by atoms with Gasteiger partial charge in [0.15, 0.2) is 0 Å². The van der Waals surface area contributed by atoms with E-state index in [1.54, 1.807) is 11.3 Å². The number of halogens is 1. The molecule has 110 valence electrons. The molecule has 0 N–H and O–H groups in total. The zero-order valence-corrected chi connectivity index (χ0v) is 13.1. The quantitative estimate of drug-likeness (QED) is 0.865. The fourth-order valence-electron chi connectivity index (χ4n) is 2.47. The second-order valence-corrected chi connectivity index (χ2v) is 6.42. The van der Waals surface area contributed by atoms with Crippen molar-refractivity contribution in [3.8, 4) is 0 Å². The topological polar surface area (TPSA) is 29.5 Å². The summed E-state index contributed by atoms with van der Waals surface area (Å²) in [4.78, 5) is 15.3. The van der Waals surface area contributed by atoms with Crippen molar-refractivity contribution >= 4 is 28.8 Å². The molecule has 21 heavy (non-hydrogen) atoms. The van der Waals surface area contributed by atoms with Crippen LogP contribution in [-0.4, -0.2) is 30.5 Å². The lowest BCUT2D eigenvalue weighted by Crippen LogP contribution is -2.42. The molecule has 0 radical (unpaired) electrons. The van der Waals surface area contributed by atoms with E-state index in [0.29, 0.717) is 31.1 Å². The Bertz CT molecular complexity index is 614. The van der Waals surface area contributed by atoms with Crippen molar-refractivity contribution in [3.63, 3.8) is 0 Å². The minimum atomic E-state index is -0.139. The van der Waals surface area contributed by atoms with Crippen LogP contribution < -0.4 is 0 Å². The molecular formula is C16H16ClNO2S. The summed E-state index contributed by atoms with van der Waals surface area (Å²) in [6, 6.07) is 11.6. The molecule has 1 atom stereocenters. The van der Waals surface area contributed by atoms with Gasteiger partial charge in [0, 0.05) is 22.0 Å². The molecule has 0 bridgehead atoms. The van der Waals surface area contributed by atoms with Crippen LogP contribution in [0.15, 0.2) is 41.8 Å². The van der Waals surface area contributed by atoms with Gasteiger partial charge in [0.05, 0.1) is 19.6 Å². The summed E-state index contributed by atoms with van der Waals surface area (Å²) in [6.07, 6.45) is 0.326. The van der Waals surface area contributed by atoms with Crippen LogP contribution >= 0.6 is 22.9 Å². The van der Waals surface area contributed by atoms with Crippen LogP contribution in [0.4, 0.5) is 0 Å². The average Bonchev–Trinajstić information content (AvgIpc) is 3.01. The van der Waals surface area contributed by atoms with Crippen LogP contribution in [0.5, 0.6) is 0 Å². The lowest BCUT2D eigenvalue weighted by molar-refractivity contribution is -0.138. The third-order valence-electron chi connectivity index (χ3n) is 3.58. The molecule has 0 saturated carbocycles. The van der Waals surface area contributed by atoms with E-state index in [2.05, 4.69) is 0 Å². The molecule has 1 aliphatic heterocycles. The van der Waals surface area contributed by atoms with E-state index >= 15 is 0 Å². The molecule has 3 nitrogen and oxygen atoms in total. The normalized spacial score (nSPS) is 18.7. The SMILES string of the molecule is O=C(Cc1cccs1)N1CCOC(c2ccccc2Cl)C1. The Labute approximate surface area is 133 Å². The number of rotatable bonds is 3. The molecule has 0 spiro atoms. The highest BCUT2D eigenvalue weighted by molar-refractivity contribution is 7.10. The predicted octanol–water partition coefficient (Wildman–Crippen LogP) is 3.54. The smallest absolute Gasteiger partial charge is 0.228 e. The fourth-order valence-corrected chi connectivity index (χ4v) is 3.43. The maximum absolute atomic E-state index is 12.4. The molecule has 5 heteroatoms. The summed E-state index contributed by atoms with van der Waals surface area (Å²) in [5.74, 6) is 0.151. The number of ether oxygens (including phenoxy) is 1. The van der Waals surface area contributed by atoms with Crippen LogP contribution in [0.25, 0.3) is 0 Å². The standard InChI is InChI=1S/C16H16ClNO2S/c17-14-6-2-1-5-13(14)15-11-18(7-8-20-15)16(19)10-12-4-3-9-21-12/h1-6,9,15H,7-8,10-11H2. The zero-order valence-electron chi connectivity index (χ0n) is 11.5. The van der Waals surface area contributed by atoms with Crippen LogP contribution in [0.1, 0.15) is 16.5 Å². The van der Waals surface area contributed by atoms with E-state index in [1.807, 2.05) is 46.7 Å². The molecule has 1 saturated heterocycles. The maximum atomic E-state index is 12.4. The number of carbonyl (C=O) groups excluding carboxylic acids is 1. The van der Waals surface area contributed by atoms with Gasteiger partial charge < -0.3 is 9.64 Å². The van der Waals surface area contributed by atoms with Crippen molar-refractivity contribution in [2.75, 3.05) is 19.7 Å². The summed E-state index contributed by atoms with van der Waals surface area (Å²) in [5, 5.41) is 2.68. The largest absolute Gasteiger partial charge is 0.370 e. The van der Waals surface area contributed by atoms with Gasteiger partial charge in [0.25, 0.3) is 0 Å². The van der Waals surface area contributed by atoms with Gasteiger partial charge in [0.2, 0.25) is 5.91 Å². The van der Waals surface area contributed by atoms with Gasteiger partial charge in [-0.15, -0.1) is 11.3 Å². The lowest BCUT2D eigenvalue weighted by atomic mass is 10.1. The average molecular weight is 322 g/mol. The Balaban J connectivity index is 1.68. The molecule has 1 aromatic heterocycles.